The molecule has 0 saturated heterocycles. The van der Waals surface area contributed by atoms with Gasteiger partial charge in [0.25, 0.3) is 0 Å². The second-order valence-electron chi connectivity index (χ2n) is 5.55. The number of aromatic nitrogens is 2. The van der Waals surface area contributed by atoms with Crippen molar-refractivity contribution in [2.75, 3.05) is 12.4 Å². The molecule has 1 aromatic carbocycles. The Bertz CT molecular complexity index is 818. The molecule has 0 spiro atoms. The van der Waals surface area contributed by atoms with Crippen LogP contribution in [0.4, 0.5) is 5.82 Å². The Morgan fingerprint density at radius 2 is 1.90 bits per heavy atom. The normalized spacial score (nSPS) is 13.6. The number of anilines is 1. The molecular formula is C17H17N3S. The maximum absolute atomic E-state index is 4.81. The lowest BCUT2D eigenvalue weighted by atomic mass is 10.1. The van der Waals surface area contributed by atoms with Crippen molar-refractivity contribution in [2.45, 2.75) is 26.2 Å². The van der Waals surface area contributed by atoms with Crippen LogP contribution in [0.5, 0.6) is 0 Å². The van der Waals surface area contributed by atoms with Gasteiger partial charge in [0.1, 0.15) is 10.6 Å². The van der Waals surface area contributed by atoms with Gasteiger partial charge in [-0.2, -0.15) is 0 Å². The molecule has 0 unspecified atom stereocenters. The molecule has 3 nitrogen and oxygen atoms in total. The predicted molar refractivity (Wildman–Crippen MR) is 89.2 cm³/mol. The Morgan fingerprint density at radius 1 is 1.10 bits per heavy atom. The van der Waals surface area contributed by atoms with Crippen LogP contribution in [-0.2, 0) is 12.8 Å². The molecule has 3 aromatic rings. The molecule has 1 aliphatic carbocycles. The van der Waals surface area contributed by atoms with Gasteiger partial charge in [0.05, 0.1) is 5.39 Å². The van der Waals surface area contributed by atoms with Crippen molar-refractivity contribution in [1.82, 2.24) is 9.97 Å². The highest BCUT2D eigenvalue weighted by molar-refractivity contribution is 7.19. The van der Waals surface area contributed by atoms with E-state index >= 15 is 0 Å². The number of rotatable bonds is 2. The molecule has 0 saturated carbocycles. The van der Waals surface area contributed by atoms with E-state index in [0.29, 0.717) is 0 Å². The van der Waals surface area contributed by atoms with E-state index in [2.05, 4.69) is 36.5 Å². The molecule has 0 bridgehead atoms. The fraction of sp³-hybridized carbons (Fsp3) is 0.294. The van der Waals surface area contributed by atoms with Crippen molar-refractivity contribution in [3.8, 4) is 11.4 Å². The van der Waals surface area contributed by atoms with E-state index in [1.54, 1.807) is 0 Å². The Labute approximate surface area is 128 Å². The number of fused-ring (bicyclic) bond motifs is 3. The predicted octanol–water partition coefficient (Wildman–Crippen LogP) is 4.20. The largest absolute Gasteiger partial charge is 0.372 e. The van der Waals surface area contributed by atoms with Gasteiger partial charge in [0.2, 0.25) is 0 Å². The van der Waals surface area contributed by atoms with Gasteiger partial charge in [-0.15, -0.1) is 11.3 Å². The SMILES string of the molecule is CNc1nc(-c2ccc(C)cc2)nc2sc3c(c12)CCC3. The molecule has 4 heteroatoms. The number of thiophene rings is 1. The van der Waals surface area contributed by atoms with Crippen LogP contribution >= 0.6 is 11.3 Å². The Hall–Kier alpha value is -1.94. The lowest BCUT2D eigenvalue weighted by molar-refractivity contribution is 0.917. The Kier molecular flexibility index (Phi) is 2.93. The van der Waals surface area contributed by atoms with E-state index in [-0.39, 0.29) is 0 Å². The van der Waals surface area contributed by atoms with Crippen molar-refractivity contribution >= 4 is 27.4 Å². The summed E-state index contributed by atoms with van der Waals surface area (Å²) in [5.41, 5.74) is 3.80. The van der Waals surface area contributed by atoms with Crippen molar-refractivity contribution in [2.24, 2.45) is 0 Å². The summed E-state index contributed by atoms with van der Waals surface area (Å²) in [6.07, 6.45) is 3.62. The molecule has 1 N–H and O–H groups in total. The summed E-state index contributed by atoms with van der Waals surface area (Å²) in [4.78, 5) is 12.2. The van der Waals surface area contributed by atoms with Gasteiger partial charge >= 0.3 is 0 Å². The zero-order valence-corrected chi connectivity index (χ0v) is 13.0. The molecule has 0 amide bonds. The third-order valence-corrected chi connectivity index (χ3v) is 5.30. The zero-order chi connectivity index (χ0) is 14.4. The monoisotopic (exact) mass is 295 g/mol. The first-order valence-corrected chi connectivity index (χ1v) is 8.15. The summed E-state index contributed by atoms with van der Waals surface area (Å²) in [6, 6.07) is 8.40. The Balaban J connectivity index is 1.94. The summed E-state index contributed by atoms with van der Waals surface area (Å²) in [6.45, 7) is 2.09. The molecule has 0 fully saturated rings. The summed E-state index contributed by atoms with van der Waals surface area (Å²) >= 11 is 1.84. The summed E-state index contributed by atoms with van der Waals surface area (Å²) in [5, 5.41) is 4.50. The smallest absolute Gasteiger partial charge is 0.163 e. The van der Waals surface area contributed by atoms with Gasteiger partial charge in [-0.05, 0) is 31.7 Å². The molecule has 2 aromatic heterocycles. The van der Waals surface area contributed by atoms with E-state index < -0.39 is 0 Å². The summed E-state index contributed by atoms with van der Waals surface area (Å²) in [7, 11) is 1.94. The number of benzene rings is 1. The third kappa shape index (κ3) is 2.02. The molecular weight excluding hydrogens is 278 g/mol. The van der Waals surface area contributed by atoms with Crippen LogP contribution in [-0.4, -0.2) is 17.0 Å². The van der Waals surface area contributed by atoms with Crippen molar-refractivity contribution < 1.29 is 0 Å². The molecule has 4 rings (SSSR count). The molecule has 1 aliphatic rings. The highest BCUT2D eigenvalue weighted by Gasteiger charge is 2.22. The van der Waals surface area contributed by atoms with Gasteiger partial charge in [-0.1, -0.05) is 29.8 Å². The topological polar surface area (TPSA) is 37.8 Å². The van der Waals surface area contributed by atoms with Crippen LogP contribution in [0.25, 0.3) is 21.6 Å². The first kappa shape index (κ1) is 12.8. The standard InChI is InChI=1S/C17H17N3S/c1-10-6-8-11(9-7-10)15-19-16(18-2)14-12-4-3-5-13(12)21-17(14)20-15/h6-9H,3-5H2,1-2H3,(H,18,19,20). The molecule has 21 heavy (non-hydrogen) atoms. The van der Waals surface area contributed by atoms with Gasteiger partial charge < -0.3 is 5.32 Å². The number of nitrogens with zero attached hydrogens (tertiary/aromatic N) is 2. The van der Waals surface area contributed by atoms with Gasteiger partial charge in [-0.3, -0.25) is 0 Å². The van der Waals surface area contributed by atoms with E-state index in [1.807, 2.05) is 18.4 Å². The molecule has 0 aliphatic heterocycles. The van der Waals surface area contributed by atoms with Crippen LogP contribution in [0.1, 0.15) is 22.4 Å². The van der Waals surface area contributed by atoms with Crippen molar-refractivity contribution in [3.63, 3.8) is 0 Å². The van der Waals surface area contributed by atoms with Crippen LogP contribution < -0.4 is 5.32 Å². The van der Waals surface area contributed by atoms with E-state index in [4.69, 9.17) is 9.97 Å². The highest BCUT2D eigenvalue weighted by Crippen LogP contribution is 2.40. The highest BCUT2D eigenvalue weighted by atomic mass is 32.1. The summed E-state index contributed by atoms with van der Waals surface area (Å²) in [5.74, 6) is 1.78. The fourth-order valence-electron chi connectivity index (χ4n) is 3.01. The van der Waals surface area contributed by atoms with Crippen LogP contribution in [0.3, 0.4) is 0 Å². The quantitative estimate of drug-likeness (QED) is 0.770. The number of aryl methyl sites for hydroxylation is 3. The zero-order valence-electron chi connectivity index (χ0n) is 12.2. The van der Waals surface area contributed by atoms with Crippen molar-refractivity contribution in [1.29, 1.82) is 0 Å². The molecule has 0 radical (unpaired) electrons. The minimum Gasteiger partial charge on any atom is -0.372 e. The average Bonchev–Trinajstić information content (AvgIpc) is 3.07. The van der Waals surface area contributed by atoms with E-state index in [9.17, 15) is 0 Å². The number of hydrogen-bond acceptors (Lipinski definition) is 4. The second kappa shape index (κ2) is 4.81. The number of hydrogen-bond donors (Lipinski definition) is 1. The fourth-order valence-corrected chi connectivity index (χ4v) is 4.27. The lowest BCUT2D eigenvalue weighted by Crippen LogP contribution is -1.98. The Morgan fingerprint density at radius 3 is 2.67 bits per heavy atom. The van der Waals surface area contributed by atoms with Gasteiger partial charge in [0.15, 0.2) is 5.82 Å². The number of nitrogens with one attached hydrogen (secondary N) is 1. The minimum atomic E-state index is 0.812. The molecule has 106 valence electrons. The minimum absolute atomic E-state index is 0.812. The lowest BCUT2D eigenvalue weighted by Gasteiger charge is -2.07. The first-order chi connectivity index (χ1) is 10.3. The maximum Gasteiger partial charge on any atom is 0.163 e. The third-order valence-electron chi connectivity index (χ3n) is 4.11. The molecule has 0 atom stereocenters. The molecule has 2 heterocycles. The van der Waals surface area contributed by atoms with Crippen LogP contribution in [0, 0.1) is 6.92 Å². The van der Waals surface area contributed by atoms with Crippen LogP contribution in [0.2, 0.25) is 0 Å². The average molecular weight is 295 g/mol. The maximum atomic E-state index is 4.81. The first-order valence-electron chi connectivity index (χ1n) is 7.33. The van der Waals surface area contributed by atoms with Crippen LogP contribution in [0.15, 0.2) is 24.3 Å². The van der Waals surface area contributed by atoms with Gasteiger partial charge in [-0.25, -0.2) is 9.97 Å². The summed E-state index contributed by atoms with van der Waals surface area (Å²) < 4.78 is 0. The van der Waals surface area contributed by atoms with Gasteiger partial charge in [0, 0.05) is 17.5 Å². The van der Waals surface area contributed by atoms with E-state index in [1.165, 1.54) is 34.2 Å². The van der Waals surface area contributed by atoms with E-state index in [0.717, 1.165) is 28.5 Å². The second-order valence-corrected chi connectivity index (χ2v) is 6.63. The van der Waals surface area contributed by atoms with Crippen molar-refractivity contribution in [3.05, 3.63) is 40.3 Å².